The Labute approximate surface area is 186 Å². The van der Waals surface area contributed by atoms with E-state index < -0.39 is 0 Å². The van der Waals surface area contributed by atoms with Crippen LogP contribution < -0.4 is 0 Å². The number of aryl methyl sites for hydroxylation is 1. The molecule has 4 aromatic heterocycles. The molecule has 1 aliphatic heterocycles. The fourth-order valence-electron chi connectivity index (χ4n) is 4.47. The van der Waals surface area contributed by atoms with Crippen molar-refractivity contribution in [3.05, 3.63) is 60.6 Å². The number of imidazole rings is 1. The summed E-state index contributed by atoms with van der Waals surface area (Å²) in [6.07, 6.45) is 10.8. The molecule has 0 N–H and O–H groups in total. The summed E-state index contributed by atoms with van der Waals surface area (Å²) in [6.45, 7) is 5.76. The number of amides is 1. The maximum atomic E-state index is 12.8. The number of likely N-dealkylation sites (tertiary alicyclic amines) is 1. The molecule has 0 bridgehead atoms. The number of fused-ring (bicyclic) bond motifs is 1. The molecule has 1 fully saturated rings. The monoisotopic (exact) mass is 429 g/mol. The van der Waals surface area contributed by atoms with Crippen molar-refractivity contribution in [1.82, 2.24) is 34.2 Å². The van der Waals surface area contributed by atoms with Crippen LogP contribution in [0.25, 0.3) is 22.3 Å². The van der Waals surface area contributed by atoms with E-state index in [2.05, 4.69) is 39.5 Å². The third-order valence-electron chi connectivity index (χ3n) is 6.24. The van der Waals surface area contributed by atoms with E-state index in [-0.39, 0.29) is 5.91 Å². The van der Waals surface area contributed by atoms with Gasteiger partial charge in [-0.15, -0.1) is 0 Å². The first-order valence-electron chi connectivity index (χ1n) is 11.1. The largest absolute Gasteiger partial charge is 0.339 e. The van der Waals surface area contributed by atoms with Gasteiger partial charge in [-0.05, 0) is 44.9 Å². The predicted octanol–water partition coefficient (Wildman–Crippen LogP) is 3.83. The van der Waals surface area contributed by atoms with Crippen LogP contribution in [0, 0.1) is 0 Å². The van der Waals surface area contributed by atoms with Gasteiger partial charge in [0.2, 0.25) is 0 Å². The first kappa shape index (κ1) is 20.4. The van der Waals surface area contributed by atoms with Crippen molar-refractivity contribution in [3.8, 4) is 11.3 Å². The highest BCUT2D eigenvalue weighted by molar-refractivity contribution is 5.94. The Morgan fingerprint density at radius 1 is 1.16 bits per heavy atom. The van der Waals surface area contributed by atoms with Gasteiger partial charge >= 0.3 is 0 Å². The highest BCUT2D eigenvalue weighted by Gasteiger charge is 2.27. The molecule has 164 valence electrons. The van der Waals surface area contributed by atoms with Crippen molar-refractivity contribution in [3.63, 3.8) is 0 Å². The van der Waals surface area contributed by atoms with E-state index in [0.717, 1.165) is 53.9 Å². The summed E-state index contributed by atoms with van der Waals surface area (Å²) in [5.74, 6) is 0.370. The Bertz CT molecular complexity index is 1250. The molecule has 5 heterocycles. The molecule has 8 nitrogen and oxygen atoms in total. The molecule has 0 unspecified atom stereocenters. The number of carbonyl (C=O) groups is 1. The topological polar surface area (TPSA) is 81.7 Å². The number of pyridine rings is 2. The van der Waals surface area contributed by atoms with Gasteiger partial charge in [0, 0.05) is 67.5 Å². The minimum Gasteiger partial charge on any atom is -0.339 e. The van der Waals surface area contributed by atoms with Crippen molar-refractivity contribution < 1.29 is 4.79 Å². The molecule has 8 heteroatoms. The zero-order chi connectivity index (χ0) is 22.2. The van der Waals surface area contributed by atoms with Crippen molar-refractivity contribution >= 4 is 16.9 Å². The van der Waals surface area contributed by atoms with E-state index >= 15 is 0 Å². The highest BCUT2D eigenvalue weighted by atomic mass is 16.2. The molecule has 4 aromatic rings. The lowest BCUT2D eigenvalue weighted by molar-refractivity contribution is 0.0712. The van der Waals surface area contributed by atoms with Gasteiger partial charge in [0.1, 0.15) is 11.2 Å². The summed E-state index contributed by atoms with van der Waals surface area (Å²) in [6, 6.07) is 6.04. The minimum absolute atomic E-state index is 0.0724. The Hall–Kier alpha value is -3.55. The van der Waals surface area contributed by atoms with E-state index in [1.165, 1.54) is 0 Å². The summed E-state index contributed by atoms with van der Waals surface area (Å²) in [7, 11) is 1.91. The van der Waals surface area contributed by atoms with E-state index in [1.54, 1.807) is 29.2 Å². The average molecular weight is 430 g/mol. The molecular weight excluding hydrogens is 402 g/mol. The van der Waals surface area contributed by atoms with Crippen LogP contribution in [0.5, 0.6) is 0 Å². The van der Waals surface area contributed by atoms with Crippen LogP contribution in [0.2, 0.25) is 0 Å². The molecule has 0 aliphatic carbocycles. The Balaban J connectivity index is 1.45. The number of hydrogen-bond donors (Lipinski definition) is 0. The molecule has 0 spiro atoms. The van der Waals surface area contributed by atoms with Gasteiger partial charge in [-0.2, -0.15) is 5.10 Å². The molecule has 0 saturated carbocycles. The molecule has 1 aliphatic rings. The van der Waals surface area contributed by atoms with Crippen LogP contribution in [-0.2, 0) is 7.05 Å². The number of carbonyl (C=O) groups excluding carboxylic acids is 1. The quantitative estimate of drug-likeness (QED) is 0.492. The van der Waals surface area contributed by atoms with Crippen molar-refractivity contribution in [2.75, 3.05) is 13.1 Å². The summed E-state index contributed by atoms with van der Waals surface area (Å²) in [4.78, 5) is 28.5. The predicted molar refractivity (Wildman–Crippen MR) is 122 cm³/mol. The normalized spacial score (nSPS) is 15.1. The lowest BCUT2D eigenvalue weighted by Gasteiger charge is -2.32. The van der Waals surface area contributed by atoms with E-state index in [1.807, 2.05) is 30.7 Å². The number of hydrogen-bond acceptors (Lipinski definition) is 5. The van der Waals surface area contributed by atoms with Gasteiger partial charge in [0.15, 0.2) is 0 Å². The Morgan fingerprint density at radius 3 is 2.56 bits per heavy atom. The molecule has 5 rings (SSSR count). The van der Waals surface area contributed by atoms with Crippen LogP contribution in [-0.4, -0.2) is 53.2 Å². The van der Waals surface area contributed by atoms with Gasteiger partial charge < -0.3 is 9.47 Å². The summed E-state index contributed by atoms with van der Waals surface area (Å²) in [5, 5.41) is 4.34. The second-order valence-corrected chi connectivity index (χ2v) is 8.71. The van der Waals surface area contributed by atoms with Gasteiger partial charge in [-0.3, -0.25) is 14.5 Å². The molecule has 0 atom stereocenters. The number of aromatic nitrogens is 6. The molecule has 32 heavy (non-hydrogen) atoms. The second-order valence-electron chi connectivity index (χ2n) is 8.71. The van der Waals surface area contributed by atoms with Crippen LogP contribution >= 0.6 is 0 Å². The lowest BCUT2D eigenvalue weighted by Crippen LogP contribution is -2.38. The lowest BCUT2D eigenvalue weighted by atomic mass is 9.92. The molecule has 0 aromatic carbocycles. The molecule has 1 saturated heterocycles. The average Bonchev–Trinajstić information content (AvgIpc) is 3.45. The smallest absolute Gasteiger partial charge is 0.253 e. The zero-order valence-corrected chi connectivity index (χ0v) is 18.6. The SMILES string of the molecule is CC(C)n1cnc2c(-c3cnn(C)c3)nc(C3CCN(C(=O)c4ccncc4)CC3)cc21. The van der Waals surface area contributed by atoms with E-state index in [0.29, 0.717) is 17.5 Å². The molecule has 0 radical (unpaired) electrons. The van der Waals surface area contributed by atoms with Gasteiger partial charge in [0.25, 0.3) is 5.91 Å². The minimum atomic E-state index is 0.0724. The maximum absolute atomic E-state index is 12.8. The number of nitrogens with zero attached hydrogens (tertiary/aromatic N) is 7. The fourth-order valence-corrected chi connectivity index (χ4v) is 4.47. The molecular formula is C24H27N7O. The number of rotatable bonds is 4. The first-order chi connectivity index (χ1) is 15.5. The van der Waals surface area contributed by atoms with Crippen LogP contribution in [0.15, 0.2) is 49.3 Å². The van der Waals surface area contributed by atoms with Crippen LogP contribution in [0.4, 0.5) is 0 Å². The van der Waals surface area contributed by atoms with Crippen LogP contribution in [0.1, 0.15) is 54.7 Å². The second kappa shape index (κ2) is 8.18. The van der Waals surface area contributed by atoms with E-state index in [4.69, 9.17) is 4.98 Å². The molecule has 1 amide bonds. The summed E-state index contributed by atoms with van der Waals surface area (Å²) >= 11 is 0. The summed E-state index contributed by atoms with van der Waals surface area (Å²) in [5.41, 5.74) is 5.60. The summed E-state index contributed by atoms with van der Waals surface area (Å²) < 4.78 is 3.99. The fraction of sp³-hybridized carbons (Fsp3) is 0.375. The Morgan fingerprint density at radius 2 is 1.91 bits per heavy atom. The third kappa shape index (κ3) is 3.66. The van der Waals surface area contributed by atoms with Crippen molar-refractivity contribution in [2.24, 2.45) is 7.05 Å². The van der Waals surface area contributed by atoms with Crippen molar-refractivity contribution in [2.45, 2.75) is 38.6 Å². The van der Waals surface area contributed by atoms with Gasteiger partial charge in [0.05, 0.1) is 18.0 Å². The standard InChI is InChI=1S/C24H27N7O/c1-16(2)31-15-26-23-21(31)12-20(28-22(23)19-13-27-29(3)14-19)17-6-10-30(11-7-17)24(32)18-4-8-25-9-5-18/h4-5,8-9,12-17H,6-7,10-11H2,1-3H3. The van der Waals surface area contributed by atoms with Gasteiger partial charge in [-0.1, -0.05) is 0 Å². The van der Waals surface area contributed by atoms with E-state index in [9.17, 15) is 4.79 Å². The Kier molecular flexibility index (Phi) is 5.20. The van der Waals surface area contributed by atoms with Crippen LogP contribution in [0.3, 0.4) is 0 Å². The van der Waals surface area contributed by atoms with Gasteiger partial charge in [-0.25, -0.2) is 9.97 Å². The maximum Gasteiger partial charge on any atom is 0.253 e. The zero-order valence-electron chi connectivity index (χ0n) is 18.6. The highest BCUT2D eigenvalue weighted by Crippen LogP contribution is 2.34. The third-order valence-corrected chi connectivity index (χ3v) is 6.24. The van der Waals surface area contributed by atoms with Crippen molar-refractivity contribution in [1.29, 1.82) is 0 Å². The number of piperidine rings is 1. The first-order valence-corrected chi connectivity index (χ1v) is 11.1.